The van der Waals surface area contributed by atoms with Gasteiger partial charge in [0.05, 0.1) is 23.3 Å². The van der Waals surface area contributed by atoms with Crippen molar-refractivity contribution in [3.63, 3.8) is 0 Å². The Kier molecular flexibility index (Phi) is 4.32. The number of carbonyl (C=O) groups is 1. The van der Waals surface area contributed by atoms with Crippen LogP contribution in [0.1, 0.15) is 41.6 Å². The molecule has 110 valence electrons. The highest BCUT2D eigenvalue weighted by atomic mass is 19.4. The van der Waals surface area contributed by atoms with Crippen molar-refractivity contribution < 1.29 is 23.1 Å². The molecule has 2 atom stereocenters. The maximum Gasteiger partial charge on any atom is 0.417 e. The number of alkyl halides is 3. The topological polar surface area (TPSA) is 49.3 Å². The minimum absolute atomic E-state index is 0.405. The van der Waals surface area contributed by atoms with Crippen LogP contribution < -0.4 is 5.32 Å². The van der Waals surface area contributed by atoms with E-state index in [1.807, 2.05) is 0 Å². The first kappa shape index (κ1) is 14.8. The van der Waals surface area contributed by atoms with Gasteiger partial charge in [-0.15, -0.1) is 0 Å². The van der Waals surface area contributed by atoms with E-state index < -0.39 is 35.4 Å². The number of aliphatic hydroxyl groups excluding tert-OH is 1. The Morgan fingerprint density at radius 2 is 1.85 bits per heavy atom. The molecule has 0 radical (unpaired) electrons. The molecule has 0 heterocycles. The third-order valence-corrected chi connectivity index (χ3v) is 3.52. The van der Waals surface area contributed by atoms with Crippen LogP contribution in [-0.4, -0.2) is 23.2 Å². The molecule has 1 fully saturated rings. The van der Waals surface area contributed by atoms with Gasteiger partial charge in [-0.05, 0) is 25.0 Å². The normalized spacial score (nSPS) is 23.4. The van der Waals surface area contributed by atoms with Crippen LogP contribution in [0, 0.1) is 0 Å². The molecule has 1 aliphatic rings. The summed E-state index contributed by atoms with van der Waals surface area (Å²) in [5.74, 6) is -0.788. The Morgan fingerprint density at radius 3 is 2.50 bits per heavy atom. The van der Waals surface area contributed by atoms with Crippen LogP contribution >= 0.6 is 0 Å². The Bertz CT molecular complexity index is 488. The molecular formula is C14H16F3NO2. The van der Waals surface area contributed by atoms with Gasteiger partial charge in [-0.25, -0.2) is 0 Å². The maximum absolute atomic E-state index is 12.8. The van der Waals surface area contributed by atoms with Crippen LogP contribution in [-0.2, 0) is 6.18 Å². The summed E-state index contributed by atoms with van der Waals surface area (Å²) < 4.78 is 38.5. The van der Waals surface area contributed by atoms with E-state index in [-0.39, 0.29) is 0 Å². The largest absolute Gasteiger partial charge is 0.417 e. The van der Waals surface area contributed by atoms with Gasteiger partial charge < -0.3 is 10.4 Å². The fraction of sp³-hybridized carbons (Fsp3) is 0.500. The molecule has 1 aliphatic carbocycles. The van der Waals surface area contributed by atoms with Crippen LogP contribution in [0.3, 0.4) is 0 Å². The standard InChI is InChI=1S/C14H16F3NO2/c15-14(16,17)10-6-2-1-5-9(10)13(20)18-11-7-3-4-8-12(11)19/h1-2,5-6,11-12,19H,3-4,7-8H2,(H,18,20)/t11-,12-/m0/s1. The number of aliphatic hydroxyl groups is 1. The van der Waals surface area contributed by atoms with E-state index in [0.717, 1.165) is 25.0 Å². The van der Waals surface area contributed by atoms with Crippen molar-refractivity contribution in [1.29, 1.82) is 0 Å². The summed E-state index contributed by atoms with van der Waals surface area (Å²) in [6.07, 6.45) is -2.40. The molecule has 0 unspecified atom stereocenters. The second-order valence-electron chi connectivity index (χ2n) is 4.98. The first-order valence-corrected chi connectivity index (χ1v) is 6.55. The maximum atomic E-state index is 12.8. The van der Waals surface area contributed by atoms with Crippen LogP contribution in [0.2, 0.25) is 0 Å². The van der Waals surface area contributed by atoms with E-state index in [0.29, 0.717) is 12.8 Å². The SMILES string of the molecule is O=C(N[C@H]1CCCC[C@@H]1O)c1ccccc1C(F)(F)F. The zero-order valence-electron chi connectivity index (χ0n) is 10.8. The predicted octanol–water partition coefficient (Wildman–Crippen LogP) is 2.74. The number of rotatable bonds is 2. The Balaban J connectivity index is 2.17. The van der Waals surface area contributed by atoms with E-state index in [4.69, 9.17) is 0 Å². The summed E-state index contributed by atoms with van der Waals surface area (Å²) >= 11 is 0. The van der Waals surface area contributed by atoms with Gasteiger partial charge in [0.1, 0.15) is 0 Å². The van der Waals surface area contributed by atoms with Crippen molar-refractivity contribution in [3.8, 4) is 0 Å². The molecule has 1 saturated carbocycles. The Labute approximate surface area is 114 Å². The summed E-state index contributed by atoms with van der Waals surface area (Å²) in [4.78, 5) is 12.0. The lowest BCUT2D eigenvalue weighted by molar-refractivity contribution is -0.137. The number of hydrogen-bond donors (Lipinski definition) is 2. The molecule has 0 bridgehead atoms. The number of nitrogens with one attached hydrogen (secondary N) is 1. The summed E-state index contributed by atoms with van der Waals surface area (Å²) in [5, 5.41) is 12.3. The molecule has 6 heteroatoms. The molecule has 2 rings (SSSR count). The molecule has 2 N–H and O–H groups in total. The molecule has 1 aromatic carbocycles. The number of benzene rings is 1. The third kappa shape index (κ3) is 3.30. The van der Waals surface area contributed by atoms with Gasteiger partial charge in [-0.3, -0.25) is 4.79 Å². The third-order valence-electron chi connectivity index (χ3n) is 3.52. The molecule has 0 aromatic heterocycles. The zero-order valence-corrected chi connectivity index (χ0v) is 10.8. The average Bonchev–Trinajstić information content (AvgIpc) is 2.40. The van der Waals surface area contributed by atoms with Gasteiger partial charge in [0.15, 0.2) is 0 Å². The van der Waals surface area contributed by atoms with Gasteiger partial charge in [0.25, 0.3) is 5.91 Å². The fourth-order valence-corrected chi connectivity index (χ4v) is 2.45. The van der Waals surface area contributed by atoms with Crippen molar-refractivity contribution in [2.75, 3.05) is 0 Å². The van der Waals surface area contributed by atoms with Crippen LogP contribution in [0.5, 0.6) is 0 Å². The number of carbonyl (C=O) groups excluding carboxylic acids is 1. The zero-order chi connectivity index (χ0) is 14.8. The van der Waals surface area contributed by atoms with Gasteiger partial charge >= 0.3 is 6.18 Å². The van der Waals surface area contributed by atoms with Crippen molar-refractivity contribution in [2.45, 2.75) is 44.0 Å². The van der Waals surface area contributed by atoms with Gasteiger partial charge in [-0.1, -0.05) is 25.0 Å². The highest BCUT2D eigenvalue weighted by Crippen LogP contribution is 2.32. The van der Waals surface area contributed by atoms with Gasteiger partial charge in [-0.2, -0.15) is 13.2 Å². The number of amides is 1. The quantitative estimate of drug-likeness (QED) is 0.878. The molecule has 20 heavy (non-hydrogen) atoms. The number of halogens is 3. The van der Waals surface area contributed by atoms with Gasteiger partial charge in [0.2, 0.25) is 0 Å². The van der Waals surface area contributed by atoms with E-state index in [1.54, 1.807) is 0 Å². The van der Waals surface area contributed by atoms with E-state index in [1.165, 1.54) is 12.1 Å². The van der Waals surface area contributed by atoms with Crippen molar-refractivity contribution in [1.82, 2.24) is 5.32 Å². The van der Waals surface area contributed by atoms with Crippen LogP contribution in [0.25, 0.3) is 0 Å². The summed E-state index contributed by atoms with van der Waals surface area (Å²) in [6.45, 7) is 0. The van der Waals surface area contributed by atoms with Crippen molar-refractivity contribution >= 4 is 5.91 Å². The highest BCUT2D eigenvalue weighted by Gasteiger charge is 2.35. The van der Waals surface area contributed by atoms with E-state index >= 15 is 0 Å². The lowest BCUT2D eigenvalue weighted by Gasteiger charge is -2.28. The minimum Gasteiger partial charge on any atom is -0.391 e. The minimum atomic E-state index is -4.57. The van der Waals surface area contributed by atoms with E-state index in [2.05, 4.69) is 5.32 Å². The lowest BCUT2D eigenvalue weighted by atomic mass is 9.92. The molecular weight excluding hydrogens is 271 g/mol. The van der Waals surface area contributed by atoms with Crippen LogP contribution in [0.4, 0.5) is 13.2 Å². The second-order valence-corrected chi connectivity index (χ2v) is 4.98. The Morgan fingerprint density at radius 1 is 1.20 bits per heavy atom. The molecule has 0 spiro atoms. The van der Waals surface area contributed by atoms with Crippen LogP contribution in [0.15, 0.2) is 24.3 Å². The predicted molar refractivity (Wildman–Crippen MR) is 67.2 cm³/mol. The van der Waals surface area contributed by atoms with Gasteiger partial charge in [0, 0.05) is 0 Å². The highest BCUT2D eigenvalue weighted by molar-refractivity contribution is 5.96. The number of hydrogen-bond acceptors (Lipinski definition) is 2. The second kappa shape index (κ2) is 5.83. The fourth-order valence-electron chi connectivity index (χ4n) is 2.45. The van der Waals surface area contributed by atoms with E-state index in [9.17, 15) is 23.1 Å². The molecule has 1 amide bonds. The molecule has 3 nitrogen and oxygen atoms in total. The Hall–Kier alpha value is -1.56. The summed E-state index contributed by atoms with van der Waals surface area (Å²) in [7, 11) is 0. The molecule has 0 aliphatic heterocycles. The first-order chi connectivity index (χ1) is 9.39. The smallest absolute Gasteiger partial charge is 0.391 e. The monoisotopic (exact) mass is 287 g/mol. The van der Waals surface area contributed by atoms with Crippen molar-refractivity contribution in [2.24, 2.45) is 0 Å². The lowest BCUT2D eigenvalue weighted by Crippen LogP contribution is -2.45. The van der Waals surface area contributed by atoms with Crippen molar-refractivity contribution in [3.05, 3.63) is 35.4 Å². The molecule has 1 aromatic rings. The summed E-state index contributed by atoms with van der Waals surface area (Å²) in [6, 6.07) is 4.19. The molecule has 0 saturated heterocycles. The average molecular weight is 287 g/mol. The first-order valence-electron chi connectivity index (χ1n) is 6.55. The summed E-state index contributed by atoms with van der Waals surface area (Å²) in [5.41, 5.74) is -1.36.